The Bertz CT molecular complexity index is 1130. The highest BCUT2D eigenvalue weighted by Crippen LogP contribution is 2.32. The molecule has 0 aliphatic carbocycles. The number of halogens is 1. The molecule has 1 atom stereocenters. The molecule has 0 spiro atoms. The van der Waals surface area contributed by atoms with Crippen molar-refractivity contribution in [2.24, 2.45) is 0 Å². The van der Waals surface area contributed by atoms with E-state index in [9.17, 15) is 14.9 Å². The van der Waals surface area contributed by atoms with Gasteiger partial charge in [0.1, 0.15) is 5.75 Å². The van der Waals surface area contributed by atoms with E-state index in [1.54, 1.807) is 36.4 Å². The SMILES string of the molecule is COC(=O)COc1cccc(C(=O)Nc2ccc(C(C#N)c3ccccc3)c(Cl)c2)c1. The summed E-state index contributed by atoms with van der Waals surface area (Å²) in [5, 5.41) is 12.8. The summed E-state index contributed by atoms with van der Waals surface area (Å²) < 4.78 is 9.84. The normalized spacial score (nSPS) is 11.1. The third kappa shape index (κ3) is 5.62. The first-order valence-electron chi connectivity index (χ1n) is 9.37. The van der Waals surface area contributed by atoms with E-state index in [0.29, 0.717) is 27.6 Å². The van der Waals surface area contributed by atoms with Crippen LogP contribution in [0.15, 0.2) is 72.8 Å². The van der Waals surface area contributed by atoms with Crippen LogP contribution in [0, 0.1) is 11.3 Å². The molecular formula is C24H19ClN2O4. The van der Waals surface area contributed by atoms with Gasteiger partial charge in [-0.25, -0.2) is 4.79 Å². The number of nitrogens with one attached hydrogen (secondary N) is 1. The van der Waals surface area contributed by atoms with Gasteiger partial charge in [-0.15, -0.1) is 0 Å². The number of ether oxygens (including phenoxy) is 2. The monoisotopic (exact) mass is 434 g/mol. The lowest BCUT2D eigenvalue weighted by molar-refractivity contribution is -0.142. The zero-order valence-corrected chi connectivity index (χ0v) is 17.4. The molecule has 0 bridgehead atoms. The average molecular weight is 435 g/mol. The van der Waals surface area contributed by atoms with E-state index in [1.165, 1.54) is 13.2 Å². The zero-order chi connectivity index (χ0) is 22.2. The van der Waals surface area contributed by atoms with Crippen LogP contribution in [0.1, 0.15) is 27.4 Å². The molecule has 0 heterocycles. The van der Waals surface area contributed by atoms with Gasteiger partial charge >= 0.3 is 5.97 Å². The summed E-state index contributed by atoms with van der Waals surface area (Å²) in [7, 11) is 1.27. The highest BCUT2D eigenvalue weighted by molar-refractivity contribution is 6.32. The summed E-state index contributed by atoms with van der Waals surface area (Å²) >= 11 is 6.43. The maximum Gasteiger partial charge on any atom is 0.343 e. The predicted molar refractivity (Wildman–Crippen MR) is 117 cm³/mol. The van der Waals surface area contributed by atoms with Crippen molar-refractivity contribution < 1.29 is 19.1 Å². The molecule has 3 aromatic rings. The number of amides is 1. The van der Waals surface area contributed by atoms with Crippen molar-refractivity contribution in [3.05, 3.63) is 94.5 Å². The minimum absolute atomic E-state index is 0.250. The van der Waals surface area contributed by atoms with Crippen molar-refractivity contribution in [2.45, 2.75) is 5.92 Å². The van der Waals surface area contributed by atoms with Crippen molar-refractivity contribution in [1.82, 2.24) is 0 Å². The number of carbonyl (C=O) groups is 2. The van der Waals surface area contributed by atoms with Crippen LogP contribution in [0.5, 0.6) is 5.75 Å². The second-order valence-electron chi connectivity index (χ2n) is 6.56. The molecule has 31 heavy (non-hydrogen) atoms. The molecule has 0 saturated heterocycles. The number of benzene rings is 3. The summed E-state index contributed by atoms with van der Waals surface area (Å²) in [6.07, 6.45) is 0. The number of anilines is 1. The van der Waals surface area contributed by atoms with E-state index < -0.39 is 11.9 Å². The van der Waals surface area contributed by atoms with Crippen LogP contribution in [-0.4, -0.2) is 25.6 Å². The highest BCUT2D eigenvalue weighted by Gasteiger charge is 2.17. The second kappa shape index (κ2) is 10.3. The van der Waals surface area contributed by atoms with Crippen LogP contribution in [0.4, 0.5) is 5.69 Å². The van der Waals surface area contributed by atoms with Crippen LogP contribution in [0.25, 0.3) is 0 Å². The third-order valence-corrected chi connectivity index (χ3v) is 4.84. The Morgan fingerprint density at radius 2 is 1.84 bits per heavy atom. The fourth-order valence-corrected chi connectivity index (χ4v) is 3.23. The van der Waals surface area contributed by atoms with E-state index in [2.05, 4.69) is 16.1 Å². The van der Waals surface area contributed by atoms with Crippen molar-refractivity contribution in [2.75, 3.05) is 19.0 Å². The number of nitrogens with zero attached hydrogens (tertiary/aromatic N) is 1. The van der Waals surface area contributed by atoms with Crippen LogP contribution in [-0.2, 0) is 9.53 Å². The summed E-state index contributed by atoms with van der Waals surface area (Å²) in [6, 6.07) is 23.1. The fraction of sp³-hybridized carbons (Fsp3) is 0.125. The highest BCUT2D eigenvalue weighted by atomic mass is 35.5. The number of hydrogen-bond donors (Lipinski definition) is 1. The molecule has 3 rings (SSSR count). The van der Waals surface area contributed by atoms with E-state index in [-0.39, 0.29) is 12.5 Å². The van der Waals surface area contributed by atoms with Gasteiger partial charge in [-0.2, -0.15) is 5.26 Å². The molecule has 1 unspecified atom stereocenters. The lowest BCUT2D eigenvalue weighted by Gasteiger charge is -2.14. The van der Waals surface area contributed by atoms with Crippen LogP contribution >= 0.6 is 11.6 Å². The summed E-state index contributed by atoms with van der Waals surface area (Å²) in [4.78, 5) is 23.8. The first-order valence-corrected chi connectivity index (χ1v) is 9.74. The lowest BCUT2D eigenvalue weighted by atomic mass is 9.92. The predicted octanol–water partition coefficient (Wildman–Crippen LogP) is 4.80. The van der Waals surface area contributed by atoms with Crippen molar-refractivity contribution in [3.63, 3.8) is 0 Å². The smallest absolute Gasteiger partial charge is 0.343 e. The van der Waals surface area contributed by atoms with E-state index in [0.717, 1.165) is 5.56 Å². The van der Waals surface area contributed by atoms with Gasteiger partial charge in [0.05, 0.1) is 19.1 Å². The first kappa shape index (κ1) is 21.9. The number of carbonyl (C=O) groups excluding carboxylic acids is 2. The molecule has 1 amide bonds. The Balaban J connectivity index is 1.73. The minimum Gasteiger partial charge on any atom is -0.482 e. The van der Waals surface area contributed by atoms with Gasteiger partial charge in [0, 0.05) is 16.3 Å². The molecule has 0 aromatic heterocycles. The topological polar surface area (TPSA) is 88.4 Å². The largest absolute Gasteiger partial charge is 0.482 e. The number of hydrogen-bond acceptors (Lipinski definition) is 5. The lowest BCUT2D eigenvalue weighted by Crippen LogP contribution is -2.14. The Morgan fingerprint density at radius 3 is 2.52 bits per heavy atom. The molecule has 0 saturated carbocycles. The molecule has 7 heteroatoms. The van der Waals surface area contributed by atoms with Crippen molar-refractivity contribution in [3.8, 4) is 11.8 Å². The molecule has 0 radical (unpaired) electrons. The molecule has 0 aliphatic heterocycles. The molecule has 0 aliphatic rings. The Kier molecular flexibility index (Phi) is 7.26. The van der Waals surface area contributed by atoms with E-state index in [1.807, 2.05) is 30.3 Å². The summed E-state index contributed by atoms with van der Waals surface area (Å²) in [5.41, 5.74) is 2.34. The van der Waals surface area contributed by atoms with Gasteiger partial charge < -0.3 is 14.8 Å². The minimum atomic E-state index is -0.518. The molecule has 6 nitrogen and oxygen atoms in total. The number of methoxy groups -OCH3 is 1. The third-order valence-electron chi connectivity index (χ3n) is 4.51. The average Bonchev–Trinajstić information content (AvgIpc) is 2.80. The standard InChI is InChI=1S/C24H19ClN2O4/c1-30-23(28)15-31-19-9-5-8-17(12-19)24(29)27-18-10-11-20(22(25)13-18)21(14-26)16-6-3-2-4-7-16/h2-13,21H,15H2,1H3,(H,27,29). The Labute approximate surface area is 185 Å². The van der Waals surface area contributed by atoms with Gasteiger partial charge in [-0.05, 0) is 41.5 Å². The van der Waals surface area contributed by atoms with Crippen LogP contribution < -0.4 is 10.1 Å². The Hall–Kier alpha value is -3.82. The number of esters is 1. The molecule has 1 N–H and O–H groups in total. The number of nitriles is 1. The first-order chi connectivity index (χ1) is 15.0. The van der Waals surface area contributed by atoms with Gasteiger partial charge in [0.15, 0.2) is 6.61 Å². The van der Waals surface area contributed by atoms with Gasteiger partial charge in [0.25, 0.3) is 5.91 Å². The Morgan fingerprint density at radius 1 is 1.06 bits per heavy atom. The molecule has 3 aromatic carbocycles. The maximum absolute atomic E-state index is 12.6. The molecule has 156 valence electrons. The van der Waals surface area contributed by atoms with Crippen molar-refractivity contribution >= 4 is 29.2 Å². The fourth-order valence-electron chi connectivity index (χ4n) is 2.94. The van der Waals surface area contributed by atoms with Crippen molar-refractivity contribution in [1.29, 1.82) is 5.26 Å². The van der Waals surface area contributed by atoms with E-state index in [4.69, 9.17) is 16.3 Å². The van der Waals surface area contributed by atoms with E-state index >= 15 is 0 Å². The summed E-state index contributed by atoms with van der Waals surface area (Å²) in [5.74, 6) is -1.03. The zero-order valence-electron chi connectivity index (χ0n) is 16.7. The second-order valence-corrected chi connectivity index (χ2v) is 6.96. The van der Waals surface area contributed by atoms with Crippen LogP contribution in [0.3, 0.4) is 0 Å². The van der Waals surface area contributed by atoms with Gasteiger partial charge in [-0.3, -0.25) is 4.79 Å². The number of rotatable bonds is 7. The summed E-state index contributed by atoms with van der Waals surface area (Å²) in [6.45, 7) is -0.250. The van der Waals surface area contributed by atoms with Gasteiger partial charge in [0.2, 0.25) is 0 Å². The van der Waals surface area contributed by atoms with Gasteiger partial charge in [-0.1, -0.05) is 54.1 Å². The molecule has 0 fully saturated rings. The maximum atomic E-state index is 12.6. The van der Waals surface area contributed by atoms with Crippen LogP contribution in [0.2, 0.25) is 5.02 Å². The molecular weight excluding hydrogens is 416 g/mol. The quantitative estimate of drug-likeness (QED) is 0.539.